The van der Waals surface area contributed by atoms with Crippen LogP contribution in [-0.4, -0.2) is 9.97 Å². The maximum atomic E-state index is 14.4. The minimum absolute atomic E-state index is 0.106. The van der Waals surface area contributed by atoms with E-state index in [0.29, 0.717) is 12.8 Å². The minimum Gasteiger partial charge on any atom is -0.249 e. The number of nitrogens with zero attached hydrogens (tertiary/aromatic N) is 2. The van der Waals surface area contributed by atoms with Gasteiger partial charge in [-0.25, -0.2) is 14.4 Å². The van der Waals surface area contributed by atoms with Crippen LogP contribution in [0.1, 0.15) is 55.6 Å². The predicted molar refractivity (Wildman–Crippen MR) is 141 cm³/mol. The first-order valence-corrected chi connectivity index (χ1v) is 11.9. The number of rotatable bonds is 6. The summed E-state index contributed by atoms with van der Waals surface area (Å²) in [6.07, 6.45) is 2.22. The van der Waals surface area contributed by atoms with E-state index in [1.165, 1.54) is 5.56 Å². The first kappa shape index (κ1) is 23.8. The predicted octanol–water partition coefficient (Wildman–Crippen LogP) is 8.15. The average Bonchev–Trinajstić information content (AvgIpc) is 2.75. The molecule has 2 nitrogen and oxygen atoms in total. The lowest BCUT2D eigenvalue weighted by Crippen LogP contribution is -2.10. The van der Waals surface area contributed by atoms with Crippen LogP contribution in [0.4, 0.5) is 4.39 Å². The zero-order valence-corrected chi connectivity index (χ0v) is 20.9. The maximum absolute atomic E-state index is 14.4. The zero-order valence-electron chi connectivity index (χ0n) is 20.9. The number of allylic oxidation sites excluding steroid dienone is 1. The molecule has 0 fully saturated rings. The Bertz CT molecular complexity index is 1340. The summed E-state index contributed by atoms with van der Waals surface area (Å²) in [6.45, 7) is 14.7. The number of fused-ring (bicyclic) bond motifs is 1. The fraction of sp³-hybridized carbons (Fsp3) is 0.290. The summed E-state index contributed by atoms with van der Waals surface area (Å²) < 4.78 is 14.4. The number of halogens is 1. The van der Waals surface area contributed by atoms with Crippen molar-refractivity contribution in [3.63, 3.8) is 0 Å². The molecule has 0 spiro atoms. The Morgan fingerprint density at radius 1 is 0.853 bits per heavy atom. The third kappa shape index (κ3) is 5.77. The number of benzene rings is 3. The summed E-state index contributed by atoms with van der Waals surface area (Å²) in [5.41, 5.74) is 9.99. The molecule has 0 aliphatic heterocycles. The summed E-state index contributed by atoms with van der Waals surface area (Å²) in [6, 6.07) is 19.9. The largest absolute Gasteiger partial charge is 0.249 e. The molecule has 34 heavy (non-hydrogen) atoms. The van der Waals surface area contributed by atoms with E-state index in [1.807, 2.05) is 19.1 Å². The van der Waals surface area contributed by atoms with E-state index in [-0.39, 0.29) is 11.2 Å². The molecular weight excluding hydrogens is 419 g/mol. The lowest BCUT2D eigenvalue weighted by atomic mass is 9.87. The van der Waals surface area contributed by atoms with Crippen LogP contribution in [0.25, 0.3) is 27.9 Å². The lowest BCUT2D eigenvalue weighted by Gasteiger charge is -2.19. The Hall–Kier alpha value is -3.33. The first-order valence-electron chi connectivity index (χ1n) is 11.9. The first-order chi connectivity index (χ1) is 16.1. The molecule has 4 rings (SSSR count). The number of hydrogen-bond donors (Lipinski definition) is 0. The van der Waals surface area contributed by atoms with E-state index in [0.717, 1.165) is 56.7 Å². The van der Waals surface area contributed by atoms with Crippen molar-refractivity contribution in [2.24, 2.45) is 5.41 Å². The van der Waals surface area contributed by atoms with E-state index >= 15 is 0 Å². The van der Waals surface area contributed by atoms with Gasteiger partial charge in [-0.3, -0.25) is 0 Å². The van der Waals surface area contributed by atoms with Crippen LogP contribution < -0.4 is 0 Å². The van der Waals surface area contributed by atoms with E-state index in [9.17, 15) is 4.39 Å². The second kappa shape index (κ2) is 9.50. The molecule has 0 aliphatic carbocycles. The SMILES string of the molecule is C=C(C)c1ccc2nc(-c3ccc(C)cc3)c(CCc3cc(F)cc(CC(C)(C)C)c3)nc2c1. The zero-order chi connectivity index (χ0) is 24.5. The van der Waals surface area contributed by atoms with Gasteiger partial charge in [0.15, 0.2) is 0 Å². The highest BCUT2D eigenvalue weighted by Gasteiger charge is 2.15. The molecule has 0 bridgehead atoms. The van der Waals surface area contributed by atoms with Gasteiger partial charge in [-0.2, -0.15) is 0 Å². The standard InChI is InChI=1S/C31H33FN2/c1-20(2)25-12-14-27-29(18-25)33-28(30(34-27)24-10-7-21(3)8-11-24)13-9-22-15-23(17-26(32)16-22)19-31(4,5)6/h7-8,10-12,14-18H,1,9,13,19H2,2-6H3. The average molecular weight is 453 g/mol. The van der Waals surface area contributed by atoms with Crippen molar-refractivity contribution < 1.29 is 4.39 Å². The monoisotopic (exact) mass is 452 g/mol. The Balaban J connectivity index is 1.73. The van der Waals surface area contributed by atoms with Crippen molar-refractivity contribution in [2.75, 3.05) is 0 Å². The van der Waals surface area contributed by atoms with Gasteiger partial charge in [0.05, 0.1) is 22.4 Å². The fourth-order valence-corrected chi connectivity index (χ4v) is 4.31. The van der Waals surface area contributed by atoms with Crippen molar-refractivity contribution in [3.8, 4) is 11.3 Å². The molecule has 0 radical (unpaired) electrons. The van der Waals surface area contributed by atoms with Gasteiger partial charge in [0.2, 0.25) is 0 Å². The highest BCUT2D eigenvalue weighted by Crippen LogP contribution is 2.27. The van der Waals surface area contributed by atoms with Crippen LogP contribution in [0.3, 0.4) is 0 Å². The van der Waals surface area contributed by atoms with E-state index in [1.54, 1.807) is 12.1 Å². The van der Waals surface area contributed by atoms with Crippen LogP contribution in [0.5, 0.6) is 0 Å². The van der Waals surface area contributed by atoms with E-state index in [4.69, 9.17) is 9.97 Å². The van der Waals surface area contributed by atoms with Crippen molar-refractivity contribution >= 4 is 16.6 Å². The number of hydrogen-bond acceptors (Lipinski definition) is 2. The van der Waals surface area contributed by atoms with Gasteiger partial charge in [0.1, 0.15) is 5.82 Å². The van der Waals surface area contributed by atoms with E-state index in [2.05, 4.69) is 70.7 Å². The van der Waals surface area contributed by atoms with Crippen molar-refractivity contribution in [1.82, 2.24) is 9.97 Å². The molecule has 0 aliphatic rings. The van der Waals surface area contributed by atoms with Gasteiger partial charge in [0.25, 0.3) is 0 Å². The normalized spacial score (nSPS) is 11.7. The summed E-state index contributed by atoms with van der Waals surface area (Å²) in [5, 5.41) is 0. The van der Waals surface area contributed by atoms with E-state index < -0.39 is 0 Å². The van der Waals surface area contributed by atoms with Gasteiger partial charge >= 0.3 is 0 Å². The van der Waals surface area contributed by atoms with Gasteiger partial charge in [-0.1, -0.05) is 74.9 Å². The third-order valence-electron chi connectivity index (χ3n) is 5.96. The van der Waals surface area contributed by atoms with Crippen LogP contribution in [0, 0.1) is 18.2 Å². The van der Waals surface area contributed by atoms with Crippen LogP contribution in [-0.2, 0) is 19.3 Å². The molecule has 4 aromatic rings. The lowest BCUT2D eigenvalue weighted by molar-refractivity contribution is 0.410. The van der Waals surface area contributed by atoms with Crippen LogP contribution >= 0.6 is 0 Å². The summed E-state index contributed by atoms with van der Waals surface area (Å²) in [7, 11) is 0. The molecule has 0 N–H and O–H groups in total. The molecule has 0 atom stereocenters. The third-order valence-corrected chi connectivity index (χ3v) is 5.96. The molecule has 0 amide bonds. The van der Waals surface area contributed by atoms with Gasteiger partial charge in [-0.15, -0.1) is 0 Å². The van der Waals surface area contributed by atoms with Crippen molar-refractivity contribution in [2.45, 2.75) is 53.9 Å². The molecular formula is C31H33FN2. The highest BCUT2D eigenvalue weighted by atomic mass is 19.1. The topological polar surface area (TPSA) is 25.8 Å². The Morgan fingerprint density at radius 3 is 2.24 bits per heavy atom. The van der Waals surface area contributed by atoms with Crippen LogP contribution in [0.2, 0.25) is 0 Å². The summed E-state index contributed by atoms with van der Waals surface area (Å²) in [4.78, 5) is 10.0. The molecule has 0 saturated heterocycles. The summed E-state index contributed by atoms with van der Waals surface area (Å²) >= 11 is 0. The quantitative estimate of drug-likeness (QED) is 0.295. The van der Waals surface area contributed by atoms with Gasteiger partial charge in [-0.05, 0) is 79.5 Å². The van der Waals surface area contributed by atoms with Crippen molar-refractivity contribution in [3.05, 3.63) is 101 Å². The van der Waals surface area contributed by atoms with Gasteiger partial charge in [0, 0.05) is 5.56 Å². The Kier molecular flexibility index (Phi) is 6.65. The maximum Gasteiger partial charge on any atom is 0.123 e. The molecule has 3 aromatic carbocycles. The number of aryl methyl sites for hydroxylation is 3. The molecule has 0 saturated carbocycles. The second-order valence-electron chi connectivity index (χ2n) is 10.6. The molecule has 1 aromatic heterocycles. The smallest absolute Gasteiger partial charge is 0.123 e. The molecule has 174 valence electrons. The molecule has 3 heteroatoms. The number of aromatic nitrogens is 2. The van der Waals surface area contributed by atoms with Gasteiger partial charge < -0.3 is 0 Å². The molecule has 1 heterocycles. The highest BCUT2D eigenvalue weighted by molar-refractivity contribution is 5.82. The Morgan fingerprint density at radius 2 is 1.56 bits per heavy atom. The molecule has 0 unspecified atom stereocenters. The van der Waals surface area contributed by atoms with Crippen molar-refractivity contribution in [1.29, 1.82) is 0 Å². The Labute approximate surface area is 202 Å². The second-order valence-corrected chi connectivity index (χ2v) is 10.6. The van der Waals surface area contributed by atoms with Crippen LogP contribution in [0.15, 0.2) is 67.2 Å². The fourth-order valence-electron chi connectivity index (χ4n) is 4.31. The minimum atomic E-state index is -0.175. The summed E-state index contributed by atoms with van der Waals surface area (Å²) in [5.74, 6) is -0.175.